The smallest absolute Gasteiger partial charge is 0.306 e. The van der Waals surface area contributed by atoms with Crippen molar-refractivity contribution in [1.29, 1.82) is 0 Å². The van der Waals surface area contributed by atoms with Crippen molar-refractivity contribution in [3.8, 4) is 0 Å². The summed E-state index contributed by atoms with van der Waals surface area (Å²) in [7, 11) is 0. The fourth-order valence-corrected chi connectivity index (χ4v) is 9.35. The molecule has 0 amide bonds. The second kappa shape index (κ2) is 60.2. The van der Waals surface area contributed by atoms with Gasteiger partial charge in [0.15, 0.2) is 6.10 Å². The van der Waals surface area contributed by atoms with Crippen molar-refractivity contribution in [2.45, 2.75) is 348 Å². The molecule has 0 aliphatic rings. The molecule has 0 aromatic heterocycles. The molecule has 0 N–H and O–H groups in total. The highest BCUT2D eigenvalue weighted by atomic mass is 16.6. The van der Waals surface area contributed by atoms with Crippen LogP contribution in [-0.4, -0.2) is 37.2 Å². The van der Waals surface area contributed by atoms with Crippen molar-refractivity contribution in [2.24, 2.45) is 0 Å². The van der Waals surface area contributed by atoms with Gasteiger partial charge in [0.1, 0.15) is 13.2 Å². The summed E-state index contributed by atoms with van der Waals surface area (Å²) in [5, 5.41) is 0. The van der Waals surface area contributed by atoms with Crippen LogP contribution in [0.3, 0.4) is 0 Å². The average molecular weight is 998 g/mol. The third-order valence-corrected chi connectivity index (χ3v) is 14.1. The maximum atomic E-state index is 12.9. The zero-order chi connectivity index (χ0) is 51.4. The molecule has 0 saturated heterocycles. The summed E-state index contributed by atoms with van der Waals surface area (Å²) in [6.45, 7) is 6.65. The van der Waals surface area contributed by atoms with Crippen LogP contribution in [0.4, 0.5) is 0 Å². The Morgan fingerprint density at radius 2 is 0.507 bits per heavy atom. The van der Waals surface area contributed by atoms with Crippen molar-refractivity contribution in [1.82, 2.24) is 0 Å². The van der Waals surface area contributed by atoms with Crippen molar-refractivity contribution >= 4 is 17.9 Å². The van der Waals surface area contributed by atoms with E-state index in [1.54, 1.807) is 0 Å². The largest absolute Gasteiger partial charge is 0.462 e. The monoisotopic (exact) mass is 997 g/mol. The van der Waals surface area contributed by atoms with E-state index in [0.29, 0.717) is 19.3 Å². The molecular formula is C65H120O6. The first-order valence-electron chi connectivity index (χ1n) is 31.5. The second-order valence-electron chi connectivity index (χ2n) is 21.3. The van der Waals surface area contributed by atoms with Gasteiger partial charge in [-0.1, -0.05) is 282 Å². The van der Waals surface area contributed by atoms with E-state index in [0.717, 1.165) is 77.0 Å². The molecule has 0 unspecified atom stereocenters. The van der Waals surface area contributed by atoms with Gasteiger partial charge in [-0.2, -0.15) is 0 Å². The van der Waals surface area contributed by atoms with Crippen molar-refractivity contribution in [3.05, 3.63) is 36.5 Å². The maximum Gasteiger partial charge on any atom is 0.306 e. The molecule has 0 heterocycles. The van der Waals surface area contributed by atoms with Crippen LogP contribution in [0.15, 0.2) is 36.5 Å². The Morgan fingerprint density at radius 3 is 0.817 bits per heavy atom. The number of unbranched alkanes of at least 4 members (excludes halogenated alkanes) is 41. The molecule has 0 saturated carbocycles. The summed E-state index contributed by atoms with van der Waals surface area (Å²) in [6, 6.07) is 0. The number of esters is 3. The number of carbonyl (C=O) groups is 3. The third kappa shape index (κ3) is 58.4. The van der Waals surface area contributed by atoms with E-state index in [1.165, 1.54) is 225 Å². The molecule has 0 aromatic rings. The van der Waals surface area contributed by atoms with E-state index in [2.05, 4.69) is 57.2 Å². The van der Waals surface area contributed by atoms with Gasteiger partial charge in [0.25, 0.3) is 0 Å². The zero-order valence-corrected chi connectivity index (χ0v) is 47.8. The van der Waals surface area contributed by atoms with Crippen LogP contribution < -0.4 is 0 Å². The average Bonchev–Trinajstić information content (AvgIpc) is 3.37. The van der Waals surface area contributed by atoms with Gasteiger partial charge in [0.2, 0.25) is 0 Å². The summed E-state index contributed by atoms with van der Waals surface area (Å²) in [5.74, 6) is -0.868. The van der Waals surface area contributed by atoms with Crippen LogP contribution >= 0.6 is 0 Å². The molecule has 0 aromatic carbocycles. The number of hydrogen-bond donors (Lipinski definition) is 0. The summed E-state index contributed by atoms with van der Waals surface area (Å²) < 4.78 is 16.9. The highest BCUT2D eigenvalue weighted by Crippen LogP contribution is 2.17. The summed E-state index contributed by atoms with van der Waals surface area (Å²) >= 11 is 0. The molecule has 0 bridgehead atoms. The lowest BCUT2D eigenvalue weighted by molar-refractivity contribution is -0.167. The Kier molecular flexibility index (Phi) is 58.2. The van der Waals surface area contributed by atoms with Gasteiger partial charge in [-0.3, -0.25) is 14.4 Å². The molecule has 0 aliphatic heterocycles. The fourth-order valence-electron chi connectivity index (χ4n) is 9.35. The highest BCUT2D eigenvalue weighted by Gasteiger charge is 2.19. The molecule has 6 nitrogen and oxygen atoms in total. The van der Waals surface area contributed by atoms with E-state index in [-0.39, 0.29) is 31.1 Å². The predicted octanol–water partition coefficient (Wildman–Crippen LogP) is 21.2. The van der Waals surface area contributed by atoms with Crippen LogP contribution in [0.2, 0.25) is 0 Å². The minimum Gasteiger partial charge on any atom is -0.462 e. The van der Waals surface area contributed by atoms with Gasteiger partial charge in [0.05, 0.1) is 0 Å². The van der Waals surface area contributed by atoms with Crippen LogP contribution in [0.25, 0.3) is 0 Å². The van der Waals surface area contributed by atoms with Gasteiger partial charge >= 0.3 is 17.9 Å². The molecule has 416 valence electrons. The summed E-state index contributed by atoms with van der Waals surface area (Å²) in [5.41, 5.74) is 0. The van der Waals surface area contributed by atoms with Crippen LogP contribution in [0.1, 0.15) is 342 Å². The first kappa shape index (κ1) is 68.6. The number of ether oxygens (including phenoxy) is 3. The molecule has 6 heteroatoms. The number of hydrogen-bond acceptors (Lipinski definition) is 6. The summed E-state index contributed by atoms with van der Waals surface area (Å²) in [4.78, 5) is 38.3. The SMILES string of the molecule is CCCCC/C=C\C/C=C\CCCCCCCCCC(=O)OC[C@H](COC(=O)CCCCCCC/C=C\CCCCCCCC)OC(=O)CCCCCCCCCCCCCCCCCCCCCCC. The first-order valence-corrected chi connectivity index (χ1v) is 31.5. The topological polar surface area (TPSA) is 78.9 Å². The quantitative estimate of drug-likeness (QED) is 0.0261. The third-order valence-electron chi connectivity index (χ3n) is 14.1. The number of rotatable bonds is 58. The van der Waals surface area contributed by atoms with Crippen molar-refractivity contribution < 1.29 is 28.6 Å². The van der Waals surface area contributed by atoms with Crippen molar-refractivity contribution in [3.63, 3.8) is 0 Å². The Hall–Kier alpha value is -2.37. The Bertz CT molecular complexity index is 1190. The van der Waals surface area contributed by atoms with E-state index in [4.69, 9.17) is 14.2 Å². The van der Waals surface area contributed by atoms with Crippen molar-refractivity contribution in [2.75, 3.05) is 13.2 Å². The van der Waals surface area contributed by atoms with Crippen LogP contribution in [0, 0.1) is 0 Å². The molecular weight excluding hydrogens is 877 g/mol. The zero-order valence-electron chi connectivity index (χ0n) is 47.8. The lowest BCUT2D eigenvalue weighted by Gasteiger charge is -2.18. The fraction of sp³-hybridized carbons (Fsp3) is 0.862. The van der Waals surface area contributed by atoms with E-state index in [1.807, 2.05) is 0 Å². The van der Waals surface area contributed by atoms with Gasteiger partial charge in [-0.05, 0) is 77.0 Å². The Labute approximate surface area is 442 Å². The van der Waals surface area contributed by atoms with Gasteiger partial charge in [-0.15, -0.1) is 0 Å². The van der Waals surface area contributed by atoms with Gasteiger partial charge in [0, 0.05) is 19.3 Å². The highest BCUT2D eigenvalue weighted by molar-refractivity contribution is 5.71. The van der Waals surface area contributed by atoms with E-state index >= 15 is 0 Å². The molecule has 0 rings (SSSR count). The van der Waals surface area contributed by atoms with Crippen LogP contribution in [0.5, 0.6) is 0 Å². The molecule has 0 aliphatic carbocycles. The Morgan fingerprint density at radius 1 is 0.282 bits per heavy atom. The number of allylic oxidation sites excluding steroid dienone is 6. The predicted molar refractivity (Wildman–Crippen MR) is 307 cm³/mol. The van der Waals surface area contributed by atoms with E-state index < -0.39 is 6.10 Å². The standard InChI is InChI=1S/C65H120O6/c1-4-7-10-13-16-19-22-25-28-30-31-32-33-35-38-41-44-47-50-53-56-59-65(68)71-62(60-69-63(66)57-54-51-48-45-42-39-36-27-24-21-18-15-12-9-6-3)61-70-64(67)58-55-52-49-46-43-40-37-34-29-26-23-20-17-14-11-8-5-2/h17,20,26-27,29,36,62H,4-16,18-19,21-25,28,30-35,37-61H2,1-3H3/b20-17-,29-26-,36-27-/t62-/m0/s1. The number of carbonyl (C=O) groups excluding carboxylic acids is 3. The van der Waals surface area contributed by atoms with Gasteiger partial charge in [-0.25, -0.2) is 0 Å². The lowest BCUT2D eigenvalue weighted by atomic mass is 10.0. The van der Waals surface area contributed by atoms with Gasteiger partial charge < -0.3 is 14.2 Å². The molecule has 71 heavy (non-hydrogen) atoms. The van der Waals surface area contributed by atoms with Crippen LogP contribution in [-0.2, 0) is 28.6 Å². The maximum absolute atomic E-state index is 12.9. The molecule has 0 spiro atoms. The minimum absolute atomic E-state index is 0.0751. The molecule has 0 radical (unpaired) electrons. The lowest BCUT2D eigenvalue weighted by Crippen LogP contribution is -2.30. The van der Waals surface area contributed by atoms with E-state index in [9.17, 15) is 14.4 Å². The minimum atomic E-state index is -0.777. The second-order valence-corrected chi connectivity index (χ2v) is 21.3. The Balaban J connectivity index is 4.33. The molecule has 0 fully saturated rings. The molecule has 1 atom stereocenters. The normalized spacial score (nSPS) is 12.2. The summed E-state index contributed by atoms with van der Waals surface area (Å²) in [6.07, 6.45) is 72.9. The first-order chi connectivity index (χ1) is 35.0.